The molecule has 0 radical (unpaired) electrons. The fourth-order valence-corrected chi connectivity index (χ4v) is 2.72. The van der Waals surface area contributed by atoms with Crippen molar-refractivity contribution in [3.8, 4) is 5.75 Å². The van der Waals surface area contributed by atoms with E-state index in [0.29, 0.717) is 30.2 Å². The quantitative estimate of drug-likeness (QED) is 0.767. The van der Waals surface area contributed by atoms with Crippen LogP contribution in [0.5, 0.6) is 5.75 Å². The van der Waals surface area contributed by atoms with Crippen LogP contribution in [0.3, 0.4) is 0 Å². The Balaban J connectivity index is 2.61. The summed E-state index contributed by atoms with van der Waals surface area (Å²) < 4.78 is 17.4. The molecule has 2 atom stereocenters. The average Bonchev–Trinajstić information content (AvgIpc) is 2.39. The van der Waals surface area contributed by atoms with E-state index in [1.54, 1.807) is 18.4 Å². The van der Waals surface area contributed by atoms with E-state index in [-0.39, 0.29) is 12.1 Å². The van der Waals surface area contributed by atoms with Crippen LogP contribution in [0.25, 0.3) is 0 Å². The Morgan fingerprint density at radius 2 is 2.19 bits per heavy atom. The zero-order valence-electron chi connectivity index (χ0n) is 12.4. The zero-order chi connectivity index (χ0) is 15.8. The maximum atomic E-state index is 12.0. The Morgan fingerprint density at radius 3 is 2.81 bits per heavy atom. The van der Waals surface area contributed by atoms with E-state index in [1.165, 1.54) is 0 Å². The number of carbonyl (C=O) groups excluding carboxylic acids is 1. The fourth-order valence-electron chi connectivity index (χ4n) is 1.68. The molecule has 0 saturated heterocycles. The number of benzene rings is 1. The lowest BCUT2D eigenvalue weighted by Gasteiger charge is -2.16. The van der Waals surface area contributed by atoms with Crippen molar-refractivity contribution < 1.29 is 13.7 Å². The molecule has 0 saturated carbocycles. The van der Waals surface area contributed by atoms with E-state index in [0.717, 1.165) is 4.47 Å². The van der Waals surface area contributed by atoms with Crippen LogP contribution >= 0.6 is 15.9 Å². The summed E-state index contributed by atoms with van der Waals surface area (Å²) in [4.78, 5) is 12.0. The first-order valence-electron chi connectivity index (χ1n) is 6.72. The van der Waals surface area contributed by atoms with E-state index >= 15 is 0 Å². The zero-order valence-corrected chi connectivity index (χ0v) is 14.8. The van der Waals surface area contributed by atoms with Crippen LogP contribution < -0.4 is 15.4 Å². The summed E-state index contributed by atoms with van der Waals surface area (Å²) in [5.41, 5.74) is 0.606. The number of anilines is 1. The van der Waals surface area contributed by atoms with Gasteiger partial charge in [-0.2, -0.15) is 0 Å². The van der Waals surface area contributed by atoms with Crippen LogP contribution in [0, 0.1) is 0 Å². The van der Waals surface area contributed by atoms with Crippen LogP contribution in [0.2, 0.25) is 0 Å². The fraction of sp³-hybridized carbons (Fsp3) is 0.500. The van der Waals surface area contributed by atoms with Crippen LogP contribution in [0.4, 0.5) is 10.5 Å². The van der Waals surface area contributed by atoms with Gasteiger partial charge in [0.1, 0.15) is 5.75 Å². The summed E-state index contributed by atoms with van der Waals surface area (Å²) in [6.45, 7) is 4.30. The molecule has 0 heterocycles. The molecule has 118 valence electrons. The summed E-state index contributed by atoms with van der Waals surface area (Å²) in [6.07, 6.45) is 2.33. The van der Waals surface area contributed by atoms with E-state index in [2.05, 4.69) is 26.6 Å². The maximum absolute atomic E-state index is 12.0. The van der Waals surface area contributed by atoms with Crippen molar-refractivity contribution in [2.75, 3.05) is 23.9 Å². The third kappa shape index (κ3) is 6.95. The van der Waals surface area contributed by atoms with E-state index in [1.807, 2.05) is 19.9 Å². The Labute approximate surface area is 136 Å². The lowest BCUT2D eigenvalue weighted by Crippen LogP contribution is -2.36. The van der Waals surface area contributed by atoms with Gasteiger partial charge in [0.25, 0.3) is 0 Å². The van der Waals surface area contributed by atoms with Crippen molar-refractivity contribution in [2.24, 2.45) is 0 Å². The molecule has 0 aromatic heterocycles. The molecule has 2 amide bonds. The van der Waals surface area contributed by atoms with Gasteiger partial charge in [0.05, 0.1) is 12.3 Å². The van der Waals surface area contributed by atoms with Gasteiger partial charge in [-0.1, -0.05) is 15.9 Å². The second kappa shape index (κ2) is 9.04. The molecule has 0 aliphatic rings. The molecule has 5 nitrogen and oxygen atoms in total. The number of carbonyl (C=O) groups is 1. The largest absolute Gasteiger partial charge is 0.492 e. The Morgan fingerprint density at radius 1 is 1.48 bits per heavy atom. The van der Waals surface area contributed by atoms with Crippen LogP contribution in [-0.4, -0.2) is 34.9 Å². The highest BCUT2D eigenvalue weighted by atomic mass is 79.9. The van der Waals surface area contributed by atoms with Gasteiger partial charge < -0.3 is 15.4 Å². The number of ether oxygens (including phenoxy) is 1. The SMILES string of the molecule is CCOc1ccc(Br)cc1NC(=O)N[C@H](C)CC[S@@](C)=O. The second-order valence-electron chi connectivity index (χ2n) is 4.64. The highest BCUT2D eigenvalue weighted by Gasteiger charge is 2.11. The number of rotatable bonds is 7. The standard InChI is InChI=1S/C14H21BrN2O3S/c1-4-20-13-6-5-11(15)9-12(13)17-14(18)16-10(2)7-8-21(3)19/h5-6,9-10H,4,7-8H2,1-3H3,(H2,16,17,18)/t10-,21-/m1/s1. The molecule has 1 aromatic rings. The smallest absolute Gasteiger partial charge is 0.319 e. The van der Waals surface area contributed by atoms with Crippen molar-refractivity contribution >= 4 is 38.4 Å². The summed E-state index contributed by atoms with van der Waals surface area (Å²) in [7, 11) is -0.846. The molecule has 7 heteroatoms. The average molecular weight is 377 g/mol. The first kappa shape index (κ1) is 18.0. The third-order valence-corrected chi connectivity index (χ3v) is 4.01. The maximum Gasteiger partial charge on any atom is 0.319 e. The minimum absolute atomic E-state index is 0.0448. The number of hydrogen-bond donors (Lipinski definition) is 2. The predicted molar refractivity (Wildman–Crippen MR) is 90.5 cm³/mol. The van der Waals surface area contributed by atoms with Crippen LogP contribution in [-0.2, 0) is 10.8 Å². The normalized spacial score (nSPS) is 13.3. The van der Waals surface area contributed by atoms with Crippen molar-refractivity contribution in [2.45, 2.75) is 26.3 Å². The highest BCUT2D eigenvalue weighted by molar-refractivity contribution is 9.10. The number of amides is 2. The van der Waals surface area contributed by atoms with Crippen LogP contribution in [0.1, 0.15) is 20.3 Å². The van der Waals surface area contributed by atoms with E-state index < -0.39 is 10.8 Å². The number of hydrogen-bond acceptors (Lipinski definition) is 3. The van der Waals surface area contributed by atoms with Crippen molar-refractivity contribution in [3.63, 3.8) is 0 Å². The molecule has 1 rings (SSSR count). The number of urea groups is 1. The molecule has 0 unspecified atom stereocenters. The summed E-state index contributed by atoms with van der Waals surface area (Å²) in [6, 6.07) is 5.09. The van der Waals surface area contributed by atoms with Crippen molar-refractivity contribution in [1.29, 1.82) is 0 Å². The molecular weight excluding hydrogens is 356 g/mol. The van der Waals surface area contributed by atoms with Gasteiger partial charge in [-0.25, -0.2) is 4.79 Å². The van der Waals surface area contributed by atoms with Gasteiger partial charge >= 0.3 is 6.03 Å². The first-order chi connectivity index (χ1) is 9.92. The number of nitrogens with one attached hydrogen (secondary N) is 2. The highest BCUT2D eigenvalue weighted by Crippen LogP contribution is 2.28. The summed E-state index contributed by atoms with van der Waals surface area (Å²) in [5.74, 6) is 1.20. The Kier molecular flexibility index (Phi) is 7.74. The monoisotopic (exact) mass is 376 g/mol. The second-order valence-corrected chi connectivity index (χ2v) is 7.11. The molecule has 0 fully saturated rings. The number of halogens is 1. The lowest BCUT2D eigenvalue weighted by atomic mass is 10.2. The van der Waals surface area contributed by atoms with Gasteiger partial charge in [0.2, 0.25) is 0 Å². The van der Waals surface area contributed by atoms with E-state index in [4.69, 9.17) is 4.74 Å². The lowest BCUT2D eigenvalue weighted by molar-refractivity contribution is 0.248. The van der Waals surface area contributed by atoms with Crippen LogP contribution in [0.15, 0.2) is 22.7 Å². The topological polar surface area (TPSA) is 67.4 Å². The minimum Gasteiger partial charge on any atom is -0.492 e. The van der Waals surface area contributed by atoms with Gasteiger partial charge in [-0.3, -0.25) is 4.21 Å². The Bertz CT molecular complexity index is 511. The first-order valence-corrected chi connectivity index (χ1v) is 9.24. The molecule has 1 aromatic carbocycles. The van der Waals surface area contributed by atoms with Gasteiger partial charge in [0.15, 0.2) is 0 Å². The molecule has 0 aliphatic heterocycles. The third-order valence-electron chi connectivity index (χ3n) is 2.71. The van der Waals surface area contributed by atoms with Crippen molar-refractivity contribution in [3.05, 3.63) is 22.7 Å². The molecule has 0 aliphatic carbocycles. The summed E-state index contributed by atoms with van der Waals surface area (Å²) in [5, 5.41) is 5.59. The summed E-state index contributed by atoms with van der Waals surface area (Å²) >= 11 is 3.37. The van der Waals surface area contributed by atoms with Gasteiger partial charge in [-0.15, -0.1) is 0 Å². The minimum atomic E-state index is -0.846. The van der Waals surface area contributed by atoms with Gasteiger partial charge in [0, 0.05) is 33.3 Å². The Hall–Kier alpha value is -1.08. The van der Waals surface area contributed by atoms with Crippen molar-refractivity contribution in [1.82, 2.24) is 5.32 Å². The van der Waals surface area contributed by atoms with Gasteiger partial charge in [-0.05, 0) is 38.5 Å². The molecule has 2 N–H and O–H groups in total. The molecule has 21 heavy (non-hydrogen) atoms. The molecular formula is C14H21BrN2O3S. The predicted octanol–water partition coefficient (Wildman–Crippen LogP) is 3.13. The molecule has 0 spiro atoms. The van der Waals surface area contributed by atoms with E-state index in [9.17, 15) is 9.00 Å². The molecule has 0 bridgehead atoms.